The molecule has 3 N–H and O–H groups in total. The molecule has 4 nitrogen and oxygen atoms in total. The van der Waals surface area contributed by atoms with E-state index in [1.54, 1.807) is 0 Å². The number of primary amides is 1. The molecular weight excluding hydrogens is 218 g/mol. The van der Waals surface area contributed by atoms with E-state index in [0.29, 0.717) is 13.0 Å². The number of rotatable bonds is 3. The molecule has 0 spiro atoms. The largest absolute Gasteiger partial charge is 0.370 e. The highest BCUT2D eigenvalue weighted by molar-refractivity contribution is 5.78. The lowest BCUT2D eigenvalue weighted by atomic mass is 10.1. The van der Waals surface area contributed by atoms with Crippen molar-refractivity contribution in [2.45, 2.75) is 26.2 Å². The van der Waals surface area contributed by atoms with Crippen molar-refractivity contribution in [3.63, 3.8) is 0 Å². The van der Waals surface area contributed by atoms with E-state index < -0.39 is 6.08 Å². The lowest BCUT2D eigenvalue weighted by Crippen LogP contribution is -2.13. The van der Waals surface area contributed by atoms with Crippen LogP contribution in [0.1, 0.15) is 26.2 Å². The lowest BCUT2D eigenvalue weighted by molar-refractivity contribution is -0.119. The van der Waals surface area contributed by atoms with Crippen LogP contribution >= 0.6 is 0 Å². The Labute approximate surface area is 92.9 Å². The van der Waals surface area contributed by atoms with E-state index in [2.05, 4.69) is 5.32 Å². The quantitative estimate of drug-likeness (QED) is 0.769. The normalized spacial score (nSPS) is 18.2. The van der Waals surface area contributed by atoms with Crippen LogP contribution in [-0.4, -0.2) is 18.4 Å². The molecule has 16 heavy (non-hydrogen) atoms. The molecule has 0 aromatic carbocycles. The molecule has 92 valence electrons. The van der Waals surface area contributed by atoms with Crippen molar-refractivity contribution in [1.29, 1.82) is 0 Å². The summed E-state index contributed by atoms with van der Waals surface area (Å²) in [5, 5.41) is 2.46. The van der Waals surface area contributed by atoms with Crippen molar-refractivity contribution in [2.75, 3.05) is 6.54 Å². The van der Waals surface area contributed by atoms with Crippen LogP contribution in [0.15, 0.2) is 12.2 Å². The number of hydrogen-bond donors (Lipinski definition) is 2. The van der Waals surface area contributed by atoms with Gasteiger partial charge in [-0.2, -0.15) is 8.78 Å². The third kappa shape index (κ3) is 7.90. The molecule has 1 heterocycles. The molecule has 1 rings (SSSR count). The first-order valence-corrected chi connectivity index (χ1v) is 5.03. The fraction of sp³-hybridized carbons (Fsp3) is 0.600. The molecule has 0 aromatic heterocycles. The highest BCUT2D eigenvalue weighted by Gasteiger charge is 2.19. The Morgan fingerprint density at radius 3 is 2.50 bits per heavy atom. The highest BCUT2D eigenvalue weighted by Crippen LogP contribution is 2.13. The number of carbonyl (C=O) groups excluding carboxylic acids is 2. The molecule has 1 aliphatic rings. The van der Waals surface area contributed by atoms with E-state index in [1.165, 1.54) is 0 Å². The summed E-state index contributed by atoms with van der Waals surface area (Å²) in [6, 6.07) is 0. The third-order valence-electron chi connectivity index (χ3n) is 1.87. The summed E-state index contributed by atoms with van der Waals surface area (Å²) in [7, 11) is 0. The Kier molecular flexibility index (Phi) is 7.07. The Morgan fingerprint density at radius 2 is 2.25 bits per heavy atom. The van der Waals surface area contributed by atoms with E-state index in [1.807, 2.05) is 6.92 Å². The standard InChI is InChI=1S/C6H7F2NO.C4H9NO/c7-5(8)1-4-2-6(10)9-3-4;1-2-3-4(5)6/h1,4H,2-3H2,(H,9,10);2-3H2,1H3,(H2,5,6)/t4-;/m1./s1. The van der Waals surface area contributed by atoms with Crippen LogP contribution in [0.2, 0.25) is 0 Å². The Hall–Kier alpha value is -1.46. The number of nitrogens with two attached hydrogens (primary N) is 1. The van der Waals surface area contributed by atoms with E-state index in [4.69, 9.17) is 5.73 Å². The smallest absolute Gasteiger partial charge is 0.266 e. The molecule has 6 heteroatoms. The van der Waals surface area contributed by atoms with Crippen LogP contribution in [0.5, 0.6) is 0 Å². The SMILES string of the molecule is CCCC(N)=O.O=C1C[C@@H](C=C(F)F)CN1. The van der Waals surface area contributed by atoms with Gasteiger partial charge in [-0.25, -0.2) is 0 Å². The molecular formula is C10H16F2N2O2. The molecule has 0 saturated carbocycles. The minimum absolute atomic E-state index is 0.150. The van der Waals surface area contributed by atoms with Crippen LogP contribution in [0, 0.1) is 5.92 Å². The van der Waals surface area contributed by atoms with Crippen molar-refractivity contribution in [3.05, 3.63) is 12.2 Å². The Balaban J connectivity index is 0.000000325. The van der Waals surface area contributed by atoms with E-state index in [0.717, 1.165) is 12.5 Å². The molecule has 1 aliphatic heterocycles. The Morgan fingerprint density at radius 1 is 1.62 bits per heavy atom. The number of hydrogen-bond acceptors (Lipinski definition) is 2. The van der Waals surface area contributed by atoms with E-state index in [9.17, 15) is 18.4 Å². The molecule has 0 radical (unpaired) electrons. The molecule has 1 atom stereocenters. The van der Waals surface area contributed by atoms with Crippen molar-refractivity contribution >= 4 is 11.8 Å². The maximum atomic E-state index is 11.5. The predicted octanol–water partition coefficient (Wildman–Crippen LogP) is 1.17. The number of nitrogens with one attached hydrogen (secondary N) is 1. The van der Waals surface area contributed by atoms with Crippen LogP contribution in [0.25, 0.3) is 0 Å². The zero-order valence-electron chi connectivity index (χ0n) is 9.13. The van der Waals surface area contributed by atoms with Crippen LogP contribution in [0.4, 0.5) is 8.78 Å². The summed E-state index contributed by atoms with van der Waals surface area (Å²) in [6.07, 6.45) is 0.673. The van der Waals surface area contributed by atoms with Gasteiger partial charge in [0.05, 0.1) is 0 Å². The van der Waals surface area contributed by atoms with Gasteiger partial charge >= 0.3 is 0 Å². The van der Waals surface area contributed by atoms with Gasteiger partial charge in [-0.3, -0.25) is 9.59 Å². The van der Waals surface area contributed by atoms with Gasteiger partial charge in [0.15, 0.2) is 0 Å². The highest BCUT2D eigenvalue weighted by atomic mass is 19.3. The second-order valence-electron chi connectivity index (χ2n) is 3.44. The van der Waals surface area contributed by atoms with Gasteiger partial charge in [-0.1, -0.05) is 6.92 Å². The summed E-state index contributed by atoms with van der Waals surface area (Å²) < 4.78 is 23.1. The molecule has 0 aliphatic carbocycles. The minimum Gasteiger partial charge on any atom is -0.370 e. The monoisotopic (exact) mass is 234 g/mol. The lowest BCUT2D eigenvalue weighted by Gasteiger charge is -1.94. The topological polar surface area (TPSA) is 72.2 Å². The zero-order valence-corrected chi connectivity index (χ0v) is 9.13. The molecule has 0 unspecified atom stereocenters. The Bertz CT molecular complexity index is 276. The number of amides is 2. The summed E-state index contributed by atoms with van der Waals surface area (Å²) in [5.74, 6) is -0.669. The summed E-state index contributed by atoms with van der Waals surface area (Å²) >= 11 is 0. The summed E-state index contributed by atoms with van der Waals surface area (Å²) in [4.78, 5) is 20.3. The van der Waals surface area contributed by atoms with Gasteiger partial charge in [0, 0.05) is 25.3 Å². The first-order chi connectivity index (χ1) is 7.45. The van der Waals surface area contributed by atoms with Gasteiger partial charge in [0.25, 0.3) is 6.08 Å². The van der Waals surface area contributed by atoms with E-state index in [-0.39, 0.29) is 24.2 Å². The first-order valence-electron chi connectivity index (χ1n) is 5.03. The van der Waals surface area contributed by atoms with Gasteiger partial charge in [-0.05, 0) is 12.5 Å². The fourth-order valence-electron chi connectivity index (χ4n) is 1.17. The van der Waals surface area contributed by atoms with Crippen molar-refractivity contribution in [3.8, 4) is 0 Å². The average Bonchev–Trinajstić information content (AvgIpc) is 2.50. The molecule has 2 amide bonds. The van der Waals surface area contributed by atoms with Crippen molar-refractivity contribution in [1.82, 2.24) is 5.32 Å². The maximum absolute atomic E-state index is 11.5. The van der Waals surface area contributed by atoms with Crippen LogP contribution in [-0.2, 0) is 9.59 Å². The van der Waals surface area contributed by atoms with E-state index >= 15 is 0 Å². The first kappa shape index (κ1) is 14.5. The summed E-state index contributed by atoms with van der Waals surface area (Å²) in [5.41, 5.74) is 4.76. The molecule has 1 saturated heterocycles. The second kappa shape index (κ2) is 7.78. The summed E-state index contributed by atoms with van der Waals surface area (Å²) in [6.45, 7) is 2.26. The molecule has 0 bridgehead atoms. The second-order valence-corrected chi connectivity index (χ2v) is 3.44. The zero-order chi connectivity index (χ0) is 12.6. The van der Waals surface area contributed by atoms with Gasteiger partial charge < -0.3 is 11.1 Å². The van der Waals surface area contributed by atoms with Gasteiger partial charge in [0.2, 0.25) is 11.8 Å². The van der Waals surface area contributed by atoms with Crippen LogP contribution < -0.4 is 11.1 Å². The molecule has 1 fully saturated rings. The average molecular weight is 234 g/mol. The van der Waals surface area contributed by atoms with Gasteiger partial charge in [0.1, 0.15) is 0 Å². The maximum Gasteiger partial charge on any atom is 0.266 e. The number of carbonyl (C=O) groups is 2. The van der Waals surface area contributed by atoms with Gasteiger partial charge in [-0.15, -0.1) is 0 Å². The van der Waals surface area contributed by atoms with Crippen LogP contribution in [0.3, 0.4) is 0 Å². The fourth-order valence-corrected chi connectivity index (χ4v) is 1.17. The predicted molar refractivity (Wildman–Crippen MR) is 55.5 cm³/mol. The van der Waals surface area contributed by atoms with Crippen molar-refractivity contribution < 1.29 is 18.4 Å². The molecule has 0 aromatic rings. The third-order valence-corrected chi connectivity index (χ3v) is 1.87. The number of halogens is 2. The minimum atomic E-state index is -1.71. The van der Waals surface area contributed by atoms with Crippen molar-refractivity contribution in [2.24, 2.45) is 11.7 Å².